The molecule has 0 aromatic heterocycles. The van der Waals surface area contributed by atoms with Crippen LogP contribution >= 0.6 is 0 Å². The molecule has 1 atom stereocenters. The molecule has 0 fully saturated rings. The van der Waals surface area contributed by atoms with Gasteiger partial charge in [0.2, 0.25) is 0 Å². The molecule has 1 rings (SSSR count). The normalized spacial score (nSPS) is 12.9. The molecule has 2 amide bonds. The van der Waals surface area contributed by atoms with Gasteiger partial charge in [0.15, 0.2) is 0 Å². The minimum atomic E-state index is -1.41. The third-order valence-corrected chi connectivity index (χ3v) is 3.41. The molecule has 0 aliphatic rings. The van der Waals surface area contributed by atoms with Gasteiger partial charge < -0.3 is 15.3 Å². The minimum absolute atomic E-state index is 0.0906. The van der Waals surface area contributed by atoms with Gasteiger partial charge in [-0.25, -0.2) is 9.18 Å². The summed E-state index contributed by atoms with van der Waals surface area (Å²) in [7, 11) is 0.112. The first kappa shape index (κ1) is 16.6. The van der Waals surface area contributed by atoms with Crippen LogP contribution in [0.1, 0.15) is 13.8 Å². The number of carbonyl (C=O) groups is 1. The van der Waals surface area contributed by atoms with Gasteiger partial charge in [-0.1, -0.05) is 0 Å². The van der Waals surface area contributed by atoms with Gasteiger partial charge in [-0.15, -0.1) is 0 Å². The van der Waals surface area contributed by atoms with Gasteiger partial charge in [0, 0.05) is 19.0 Å². The molecule has 7 heteroatoms. The average molecular weight is 302 g/mol. The molecule has 1 unspecified atom stereocenters. The van der Waals surface area contributed by atoms with E-state index >= 15 is 0 Å². The Kier molecular flexibility index (Phi) is 5.24. The number of nitrogens with one attached hydrogen (secondary N) is 1. The number of rotatable bonds is 4. The van der Waals surface area contributed by atoms with Gasteiger partial charge in [0.1, 0.15) is 5.82 Å². The van der Waals surface area contributed by atoms with Crippen LogP contribution in [-0.4, -0.2) is 45.7 Å². The van der Waals surface area contributed by atoms with E-state index in [0.717, 1.165) is 6.07 Å². The molecular weight excluding hydrogens is 283 g/mol. The Morgan fingerprint density at radius 2 is 2.10 bits per heavy atom. The molecule has 0 saturated carbocycles. The summed E-state index contributed by atoms with van der Waals surface area (Å²) in [4.78, 5) is 13.2. The maximum atomic E-state index is 13.6. The molecule has 0 aliphatic carbocycles. The van der Waals surface area contributed by atoms with E-state index in [4.69, 9.17) is 0 Å². The van der Waals surface area contributed by atoms with Crippen molar-refractivity contribution in [2.75, 3.05) is 25.2 Å². The van der Waals surface area contributed by atoms with E-state index in [-0.39, 0.29) is 17.1 Å². The van der Waals surface area contributed by atoms with Crippen molar-refractivity contribution in [3.8, 4) is 0 Å². The van der Waals surface area contributed by atoms with Gasteiger partial charge in [-0.05, 0) is 32.0 Å². The smallest absolute Gasteiger partial charge is 0.321 e. The quantitative estimate of drug-likeness (QED) is 0.891. The lowest BCUT2D eigenvalue weighted by Gasteiger charge is -2.25. The Labute approximate surface area is 120 Å². The van der Waals surface area contributed by atoms with Crippen molar-refractivity contribution in [3.63, 3.8) is 0 Å². The average Bonchev–Trinajstić information content (AvgIpc) is 2.26. The van der Waals surface area contributed by atoms with E-state index in [1.54, 1.807) is 13.8 Å². The van der Waals surface area contributed by atoms with Crippen LogP contribution in [0.5, 0.6) is 0 Å². The van der Waals surface area contributed by atoms with E-state index in [9.17, 15) is 18.5 Å². The highest BCUT2D eigenvalue weighted by Crippen LogP contribution is 2.17. The Morgan fingerprint density at radius 3 is 2.55 bits per heavy atom. The summed E-state index contributed by atoms with van der Waals surface area (Å²) >= 11 is 0. The number of benzene rings is 1. The van der Waals surface area contributed by atoms with Crippen LogP contribution in [-0.2, 0) is 10.8 Å². The summed E-state index contributed by atoms with van der Waals surface area (Å²) in [6, 6.07) is 3.51. The van der Waals surface area contributed by atoms with Crippen molar-refractivity contribution in [2.24, 2.45) is 0 Å². The Hall–Kier alpha value is -1.47. The number of hydrogen-bond donors (Lipinski definition) is 2. The van der Waals surface area contributed by atoms with Gasteiger partial charge in [-0.3, -0.25) is 4.21 Å². The lowest BCUT2D eigenvalue weighted by atomic mass is 10.1. The third kappa shape index (κ3) is 4.90. The number of anilines is 1. The second kappa shape index (κ2) is 6.32. The fourth-order valence-electron chi connectivity index (χ4n) is 1.68. The van der Waals surface area contributed by atoms with Crippen LogP contribution in [0.25, 0.3) is 0 Å². The molecule has 0 saturated heterocycles. The topological polar surface area (TPSA) is 69.6 Å². The standard InChI is InChI=1S/C13H19FN2O3S/c1-13(2,18)8-16(3)12(17)15-9-5-6-11(20(4)19)10(14)7-9/h5-7,18H,8H2,1-4H3,(H,15,17). The van der Waals surface area contributed by atoms with Crippen LogP contribution in [0.4, 0.5) is 14.9 Å². The number of carbonyl (C=O) groups excluding carboxylic acids is 1. The van der Waals surface area contributed by atoms with E-state index in [0.29, 0.717) is 0 Å². The number of likely N-dealkylation sites (N-methyl/N-ethyl adjacent to an activating group) is 1. The number of amides is 2. The molecular formula is C13H19FN2O3S. The predicted octanol–water partition coefficient (Wildman–Crippen LogP) is 1.80. The third-order valence-electron chi connectivity index (χ3n) is 2.46. The molecule has 1 aromatic rings. The summed E-state index contributed by atoms with van der Waals surface area (Å²) in [5, 5.41) is 12.1. The van der Waals surface area contributed by atoms with Gasteiger partial charge >= 0.3 is 6.03 Å². The van der Waals surface area contributed by atoms with Crippen molar-refractivity contribution < 1.29 is 18.5 Å². The Bertz CT molecular complexity index is 529. The molecule has 0 bridgehead atoms. The van der Waals surface area contributed by atoms with Crippen LogP contribution in [0.15, 0.2) is 23.1 Å². The fourth-order valence-corrected chi connectivity index (χ4v) is 2.28. The highest BCUT2D eigenvalue weighted by molar-refractivity contribution is 7.84. The van der Waals surface area contributed by atoms with Crippen LogP contribution < -0.4 is 5.32 Å². The fraction of sp³-hybridized carbons (Fsp3) is 0.462. The van der Waals surface area contributed by atoms with Gasteiger partial charge in [0.05, 0.1) is 27.8 Å². The predicted molar refractivity (Wildman–Crippen MR) is 76.7 cm³/mol. The lowest BCUT2D eigenvalue weighted by Crippen LogP contribution is -2.41. The zero-order chi connectivity index (χ0) is 15.5. The first-order chi connectivity index (χ1) is 9.10. The zero-order valence-electron chi connectivity index (χ0n) is 11.9. The van der Waals surface area contributed by atoms with Crippen LogP contribution in [0, 0.1) is 5.82 Å². The van der Waals surface area contributed by atoms with Crippen molar-refractivity contribution >= 4 is 22.5 Å². The number of aliphatic hydroxyl groups is 1. The second-order valence-electron chi connectivity index (χ2n) is 5.20. The minimum Gasteiger partial charge on any atom is -0.389 e. The van der Waals surface area contributed by atoms with E-state index < -0.39 is 28.2 Å². The summed E-state index contributed by atoms with van der Waals surface area (Å²) < 4.78 is 24.8. The number of halogens is 1. The molecule has 0 aliphatic heterocycles. The molecule has 0 radical (unpaired) electrons. The lowest BCUT2D eigenvalue weighted by molar-refractivity contribution is 0.0550. The summed E-state index contributed by atoms with van der Waals surface area (Å²) in [6.45, 7) is 3.31. The van der Waals surface area contributed by atoms with E-state index in [2.05, 4.69) is 5.32 Å². The highest BCUT2D eigenvalue weighted by Gasteiger charge is 2.19. The maximum absolute atomic E-state index is 13.6. The molecule has 0 heterocycles. The monoisotopic (exact) mass is 302 g/mol. The Balaban J connectivity index is 2.76. The molecule has 112 valence electrons. The molecule has 5 nitrogen and oxygen atoms in total. The second-order valence-corrected chi connectivity index (χ2v) is 6.55. The number of hydrogen-bond acceptors (Lipinski definition) is 3. The largest absolute Gasteiger partial charge is 0.389 e. The van der Waals surface area contributed by atoms with Crippen molar-refractivity contribution in [1.82, 2.24) is 4.90 Å². The van der Waals surface area contributed by atoms with Crippen LogP contribution in [0.3, 0.4) is 0 Å². The summed E-state index contributed by atoms with van der Waals surface area (Å²) in [6.07, 6.45) is 1.38. The molecule has 2 N–H and O–H groups in total. The van der Waals surface area contributed by atoms with E-state index in [1.807, 2.05) is 0 Å². The number of urea groups is 1. The van der Waals surface area contributed by atoms with Crippen molar-refractivity contribution in [2.45, 2.75) is 24.3 Å². The first-order valence-electron chi connectivity index (χ1n) is 5.97. The molecule has 1 aromatic carbocycles. The number of nitrogens with zero attached hydrogens (tertiary/aromatic N) is 1. The van der Waals surface area contributed by atoms with Crippen molar-refractivity contribution in [1.29, 1.82) is 0 Å². The molecule has 20 heavy (non-hydrogen) atoms. The van der Waals surface area contributed by atoms with E-state index in [1.165, 1.54) is 30.3 Å². The van der Waals surface area contributed by atoms with Crippen molar-refractivity contribution in [3.05, 3.63) is 24.0 Å². The highest BCUT2D eigenvalue weighted by atomic mass is 32.2. The zero-order valence-corrected chi connectivity index (χ0v) is 12.8. The van der Waals surface area contributed by atoms with Gasteiger partial charge in [-0.2, -0.15) is 0 Å². The SMILES string of the molecule is CN(CC(C)(C)O)C(=O)Nc1ccc(S(C)=O)c(F)c1. The first-order valence-corrected chi connectivity index (χ1v) is 7.53. The van der Waals surface area contributed by atoms with Gasteiger partial charge in [0.25, 0.3) is 0 Å². The summed E-state index contributed by atoms with van der Waals surface area (Å²) in [5.41, 5.74) is -0.746. The molecule has 0 spiro atoms. The van der Waals surface area contributed by atoms with Crippen LogP contribution in [0.2, 0.25) is 0 Å². The maximum Gasteiger partial charge on any atom is 0.321 e. The summed E-state index contributed by atoms with van der Waals surface area (Å²) in [5.74, 6) is -0.631. The Morgan fingerprint density at radius 1 is 1.50 bits per heavy atom.